The number of aromatic nitrogens is 1. The van der Waals surface area contributed by atoms with E-state index >= 15 is 0 Å². The first-order valence-electron chi connectivity index (χ1n) is 6.08. The summed E-state index contributed by atoms with van der Waals surface area (Å²) in [5.74, 6) is -0.177. The summed E-state index contributed by atoms with van der Waals surface area (Å²) >= 11 is 0. The number of anilines is 2. The number of rotatable bonds is 4. The van der Waals surface area contributed by atoms with Crippen LogP contribution in [-0.4, -0.2) is 16.0 Å². The molecule has 0 saturated heterocycles. The molecule has 6 heteroatoms. The van der Waals surface area contributed by atoms with Gasteiger partial charge < -0.3 is 15.7 Å². The van der Waals surface area contributed by atoms with Gasteiger partial charge in [0.15, 0.2) is 0 Å². The van der Waals surface area contributed by atoms with Crippen LogP contribution in [0.1, 0.15) is 0 Å². The molecule has 0 aliphatic rings. The van der Waals surface area contributed by atoms with Crippen LogP contribution in [-0.2, 0) is 4.79 Å². The van der Waals surface area contributed by atoms with Crippen LogP contribution in [0, 0.1) is 11.3 Å². The molecule has 0 spiro atoms. The van der Waals surface area contributed by atoms with Gasteiger partial charge in [0.05, 0.1) is 5.69 Å². The summed E-state index contributed by atoms with van der Waals surface area (Å²) in [5.41, 5.74) is 0.102. The number of phenolic OH excluding ortho intramolecular Hbond substituents is 1. The highest BCUT2D eigenvalue weighted by Crippen LogP contribution is 2.21. The number of benzene rings is 1. The topological polar surface area (TPSA) is 98.0 Å². The van der Waals surface area contributed by atoms with Gasteiger partial charge in [-0.3, -0.25) is 4.79 Å². The number of amides is 1. The van der Waals surface area contributed by atoms with Crippen LogP contribution in [0.4, 0.5) is 11.5 Å². The summed E-state index contributed by atoms with van der Waals surface area (Å²) in [7, 11) is 0. The molecular formula is C15H12N4O2. The Kier molecular flexibility index (Phi) is 4.51. The van der Waals surface area contributed by atoms with Crippen molar-refractivity contribution in [1.82, 2.24) is 4.98 Å². The first-order valence-corrected chi connectivity index (χ1v) is 6.08. The Bertz CT molecular complexity index is 705. The number of aromatic hydroxyl groups is 1. The van der Waals surface area contributed by atoms with E-state index in [4.69, 9.17) is 5.26 Å². The fraction of sp³-hybridized carbons (Fsp3) is 0. The monoisotopic (exact) mass is 280 g/mol. The largest absolute Gasteiger partial charge is 0.506 e. The summed E-state index contributed by atoms with van der Waals surface area (Å²) < 4.78 is 0. The van der Waals surface area contributed by atoms with Gasteiger partial charge in [0.2, 0.25) is 0 Å². The highest BCUT2D eigenvalue weighted by molar-refractivity contribution is 6.07. The second kappa shape index (κ2) is 6.73. The Balaban J connectivity index is 2.09. The van der Waals surface area contributed by atoms with Crippen LogP contribution in [0.15, 0.2) is 60.4 Å². The Hall–Kier alpha value is -3.33. The third kappa shape index (κ3) is 3.81. The van der Waals surface area contributed by atoms with Crippen molar-refractivity contribution < 1.29 is 9.90 Å². The maximum Gasteiger partial charge on any atom is 0.267 e. The van der Waals surface area contributed by atoms with Crippen molar-refractivity contribution in [3.63, 3.8) is 0 Å². The Labute approximate surface area is 121 Å². The highest BCUT2D eigenvalue weighted by atomic mass is 16.3. The number of carbonyl (C=O) groups excluding carboxylic acids is 1. The molecule has 0 unspecified atom stereocenters. The van der Waals surface area contributed by atoms with Gasteiger partial charge in [0.1, 0.15) is 23.2 Å². The highest BCUT2D eigenvalue weighted by Gasteiger charge is 2.11. The van der Waals surface area contributed by atoms with Gasteiger partial charge in [0, 0.05) is 12.4 Å². The van der Waals surface area contributed by atoms with E-state index in [1.807, 2.05) is 0 Å². The Morgan fingerprint density at radius 2 is 2.00 bits per heavy atom. The average molecular weight is 280 g/mol. The van der Waals surface area contributed by atoms with E-state index in [1.54, 1.807) is 42.6 Å². The lowest BCUT2D eigenvalue weighted by atomic mass is 10.2. The summed E-state index contributed by atoms with van der Waals surface area (Å²) in [6, 6.07) is 13.3. The first kappa shape index (κ1) is 14.1. The molecular weight excluding hydrogens is 268 g/mol. The molecule has 21 heavy (non-hydrogen) atoms. The first-order chi connectivity index (χ1) is 10.2. The number of hydrogen-bond acceptors (Lipinski definition) is 5. The number of nitrogens with one attached hydrogen (secondary N) is 2. The lowest BCUT2D eigenvalue weighted by Crippen LogP contribution is -2.14. The molecule has 0 aliphatic heterocycles. The molecule has 0 bridgehead atoms. The summed E-state index contributed by atoms with van der Waals surface area (Å²) in [4.78, 5) is 15.9. The van der Waals surface area contributed by atoms with Gasteiger partial charge in [-0.2, -0.15) is 5.26 Å². The number of phenols is 1. The van der Waals surface area contributed by atoms with E-state index < -0.39 is 5.91 Å². The number of pyridine rings is 1. The lowest BCUT2D eigenvalue weighted by molar-refractivity contribution is -0.112. The van der Waals surface area contributed by atoms with Crippen LogP contribution in [0.2, 0.25) is 0 Å². The van der Waals surface area contributed by atoms with Crippen LogP contribution < -0.4 is 10.6 Å². The van der Waals surface area contributed by atoms with E-state index in [1.165, 1.54) is 18.3 Å². The zero-order valence-electron chi connectivity index (χ0n) is 10.9. The van der Waals surface area contributed by atoms with Crippen molar-refractivity contribution in [3.05, 3.63) is 60.4 Å². The smallest absolute Gasteiger partial charge is 0.267 e. The molecule has 6 nitrogen and oxygen atoms in total. The Morgan fingerprint density at radius 3 is 2.67 bits per heavy atom. The fourth-order valence-corrected chi connectivity index (χ4v) is 1.51. The maximum absolute atomic E-state index is 11.9. The molecule has 104 valence electrons. The molecule has 3 N–H and O–H groups in total. The predicted octanol–water partition coefficient (Wildman–Crippen LogP) is 2.25. The van der Waals surface area contributed by atoms with Gasteiger partial charge in [0.25, 0.3) is 5.91 Å². The van der Waals surface area contributed by atoms with Crippen molar-refractivity contribution in [3.8, 4) is 11.8 Å². The predicted molar refractivity (Wildman–Crippen MR) is 78.3 cm³/mol. The van der Waals surface area contributed by atoms with Crippen LogP contribution in [0.3, 0.4) is 0 Å². The molecule has 0 atom stereocenters. The number of carbonyl (C=O) groups is 1. The molecule has 1 heterocycles. The molecule has 2 aromatic rings. The fourth-order valence-electron chi connectivity index (χ4n) is 1.51. The van der Waals surface area contributed by atoms with Crippen molar-refractivity contribution in [2.75, 3.05) is 10.6 Å². The van der Waals surface area contributed by atoms with Crippen molar-refractivity contribution in [1.29, 1.82) is 5.26 Å². The minimum Gasteiger partial charge on any atom is -0.506 e. The molecule has 0 saturated carbocycles. The quantitative estimate of drug-likeness (QED) is 0.453. The third-order valence-corrected chi connectivity index (χ3v) is 2.55. The van der Waals surface area contributed by atoms with Crippen molar-refractivity contribution in [2.45, 2.75) is 0 Å². The maximum atomic E-state index is 11.9. The van der Waals surface area contributed by atoms with Gasteiger partial charge >= 0.3 is 0 Å². The number of para-hydroxylation sites is 2. The summed E-state index contributed by atoms with van der Waals surface area (Å²) in [5, 5.41) is 23.8. The Morgan fingerprint density at radius 1 is 1.24 bits per heavy atom. The average Bonchev–Trinajstić information content (AvgIpc) is 2.51. The summed E-state index contributed by atoms with van der Waals surface area (Å²) in [6.07, 6.45) is 2.85. The van der Waals surface area contributed by atoms with E-state index in [9.17, 15) is 9.90 Å². The standard InChI is InChI=1S/C15H12N4O2/c16-9-11(10-18-14-7-3-4-8-17-14)15(21)19-12-5-1-2-6-13(12)20/h1-8,10,20H,(H,17,18)(H,19,21)/b11-10-. The molecule has 0 fully saturated rings. The molecule has 0 radical (unpaired) electrons. The van der Waals surface area contributed by atoms with Gasteiger partial charge in [-0.05, 0) is 24.3 Å². The van der Waals surface area contributed by atoms with Crippen LogP contribution in [0.5, 0.6) is 5.75 Å². The third-order valence-electron chi connectivity index (χ3n) is 2.55. The van der Waals surface area contributed by atoms with Crippen LogP contribution in [0.25, 0.3) is 0 Å². The normalized spacial score (nSPS) is 10.5. The zero-order valence-corrected chi connectivity index (χ0v) is 10.9. The zero-order chi connectivity index (χ0) is 15.1. The van der Waals surface area contributed by atoms with E-state index in [0.29, 0.717) is 5.82 Å². The van der Waals surface area contributed by atoms with E-state index in [-0.39, 0.29) is 17.0 Å². The number of hydrogen-bond donors (Lipinski definition) is 3. The van der Waals surface area contributed by atoms with Gasteiger partial charge in [-0.15, -0.1) is 0 Å². The molecule has 1 aromatic carbocycles. The molecule has 1 aromatic heterocycles. The van der Waals surface area contributed by atoms with Crippen molar-refractivity contribution in [2.24, 2.45) is 0 Å². The second-order valence-corrected chi connectivity index (χ2v) is 4.00. The molecule has 2 rings (SSSR count). The summed E-state index contributed by atoms with van der Waals surface area (Å²) in [6.45, 7) is 0. The minimum atomic E-state index is -0.623. The SMILES string of the molecule is N#C/C(=C/Nc1ccccn1)C(=O)Nc1ccccc1O. The second-order valence-electron chi connectivity index (χ2n) is 4.00. The molecule has 1 amide bonds. The molecule has 0 aliphatic carbocycles. The van der Waals surface area contributed by atoms with E-state index in [0.717, 1.165) is 0 Å². The van der Waals surface area contributed by atoms with Crippen LogP contribution >= 0.6 is 0 Å². The van der Waals surface area contributed by atoms with Gasteiger partial charge in [-0.25, -0.2) is 4.98 Å². The van der Waals surface area contributed by atoms with Gasteiger partial charge in [-0.1, -0.05) is 18.2 Å². The lowest BCUT2D eigenvalue weighted by Gasteiger charge is -2.06. The van der Waals surface area contributed by atoms with Crippen molar-refractivity contribution >= 4 is 17.4 Å². The number of nitriles is 1. The number of nitrogens with zero attached hydrogens (tertiary/aromatic N) is 2. The minimum absolute atomic E-state index is 0.0687. The van der Waals surface area contributed by atoms with E-state index in [2.05, 4.69) is 15.6 Å².